The van der Waals surface area contributed by atoms with Gasteiger partial charge in [-0.05, 0) is 61.5 Å². The molecule has 0 radical (unpaired) electrons. The number of ether oxygens (including phenoxy) is 2. The minimum absolute atomic E-state index is 0.0957. The number of sulfonamides is 1. The highest BCUT2D eigenvalue weighted by molar-refractivity contribution is 7.92. The highest BCUT2D eigenvalue weighted by Gasteiger charge is 2.38. The first-order chi connectivity index (χ1) is 17.7. The first-order valence-corrected chi connectivity index (χ1v) is 13.7. The zero-order valence-electron chi connectivity index (χ0n) is 19.7. The molecule has 0 saturated heterocycles. The number of carbonyl (C=O) groups excluding carboxylic acids is 1. The maximum Gasteiger partial charge on any atom is 0.269 e. The summed E-state index contributed by atoms with van der Waals surface area (Å²) >= 11 is 7.34. The Balaban J connectivity index is 1.40. The SMILES string of the molecule is COc1ccc(-c2nnc(NC(=O)[C@@H]3CN(S(=O)(=O)c4ccc(C)cc4)c4cc(Cl)ccc4O3)s2)cc1. The second-order valence-corrected chi connectivity index (χ2v) is 11.5. The Bertz CT molecular complexity index is 1560. The van der Waals surface area contributed by atoms with Crippen LogP contribution in [0.25, 0.3) is 10.6 Å². The Kier molecular flexibility index (Phi) is 6.76. The highest BCUT2D eigenvalue weighted by atomic mass is 35.5. The number of amides is 1. The fourth-order valence-corrected chi connectivity index (χ4v) is 6.12. The van der Waals surface area contributed by atoms with E-state index in [0.29, 0.717) is 15.8 Å². The molecule has 2 heterocycles. The smallest absolute Gasteiger partial charge is 0.269 e. The molecule has 4 aromatic rings. The van der Waals surface area contributed by atoms with Gasteiger partial charge in [-0.3, -0.25) is 14.4 Å². The van der Waals surface area contributed by atoms with Gasteiger partial charge in [0.2, 0.25) is 5.13 Å². The number of nitrogens with one attached hydrogen (secondary N) is 1. The van der Waals surface area contributed by atoms with E-state index in [2.05, 4.69) is 15.5 Å². The van der Waals surface area contributed by atoms with Crippen molar-refractivity contribution in [3.63, 3.8) is 0 Å². The molecule has 1 N–H and O–H groups in total. The largest absolute Gasteiger partial charge is 0.497 e. The predicted molar refractivity (Wildman–Crippen MR) is 142 cm³/mol. The maximum atomic E-state index is 13.6. The molecule has 12 heteroatoms. The Hall–Kier alpha value is -3.67. The number of anilines is 2. The van der Waals surface area contributed by atoms with Crippen LogP contribution >= 0.6 is 22.9 Å². The van der Waals surface area contributed by atoms with E-state index >= 15 is 0 Å². The number of nitrogens with zero attached hydrogens (tertiary/aromatic N) is 3. The van der Waals surface area contributed by atoms with Crippen LogP contribution in [-0.4, -0.2) is 44.3 Å². The molecule has 5 rings (SSSR count). The Morgan fingerprint density at radius 3 is 2.54 bits per heavy atom. The van der Waals surface area contributed by atoms with Crippen LogP contribution in [0.15, 0.2) is 71.6 Å². The van der Waals surface area contributed by atoms with Crippen LogP contribution in [0.4, 0.5) is 10.8 Å². The number of hydrogen-bond acceptors (Lipinski definition) is 8. The zero-order valence-corrected chi connectivity index (χ0v) is 22.1. The molecule has 1 aliphatic heterocycles. The lowest BCUT2D eigenvalue weighted by atomic mass is 10.2. The van der Waals surface area contributed by atoms with Gasteiger partial charge in [-0.25, -0.2) is 8.42 Å². The van der Waals surface area contributed by atoms with Crippen molar-refractivity contribution < 1.29 is 22.7 Å². The normalized spacial score (nSPS) is 15.0. The van der Waals surface area contributed by atoms with E-state index in [1.807, 2.05) is 19.1 Å². The van der Waals surface area contributed by atoms with E-state index in [0.717, 1.165) is 15.4 Å². The number of rotatable bonds is 6. The molecule has 1 aliphatic rings. The molecule has 0 spiro atoms. The summed E-state index contributed by atoms with van der Waals surface area (Å²) in [6.45, 7) is 1.62. The molecule has 0 bridgehead atoms. The summed E-state index contributed by atoms with van der Waals surface area (Å²) in [6, 6.07) is 18.4. The number of benzene rings is 3. The molecule has 190 valence electrons. The summed E-state index contributed by atoms with van der Waals surface area (Å²) in [5, 5.41) is 12.1. The van der Waals surface area contributed by atoms with E-state index in [1.165, 1.54) is 29.5 Å². The Labute approximate surface area is 222 Å². The summed E-state index contributed by atoms with van der Waals surface area (Å²) in [7, 11) is -2.42. The minimum atomic E-state index is -4.01. The van der Waals surface area contributed by atoms with E-state index in [9.17, 15) is 13.2 Å². The number of hydrogen-bond donors (Lipinski definition) is 1. The van der Waals surface area contributed by atoms with Gasteiger partial charge in [-0.1, -0.05) is 40.6 Å². The maximum absolute atomic E-state index is 13.6. The van der Waals surface area contributed by atoms with Gasteiger partial charge in [0.25, 0.3) is 15.9 Å². The fourth-order valence-electron chi connectivity index (χ4n) is 3.74. The van der Waals surface area contributed by atoms with Crippen LogP contribution in [0.2, 0.25) is 5.02 Å². The fraction of sp³-hybridized carbons (Fsp3) is 0.160. The Morgan fingerprint density at radius 1 is 1.11 bits per heavy atom. The number of methoxy groups -OCH3 is 1. The third-order valence-electron chi connectivity index (χ3n) is 5.68. The van der Waals surface area contributed by atoms with Crippen LogP contribution in [0.1, 0.15) is 5.56 Å². The van der Waals surface area contributed by atoms with Crippen LogP contribution < -0.4 is 19.1 Å². The van der Waals surface area contributed by atoms with Crippen molar-refractivity contribution in [1.29, 1.82) is 0 Å². The first kappa shape index (κ1) is 25.0. The molecule has 9 nitrogen and oxygen atoms in total. The predicted octanol–water partition coefficient (Wildman–Crippen LogP) is 4.77. The molecule has 0 saturated carbocycles. The summed E-state index contributed by atoms with van der Waals surface area (Å²) in [5.41, 5.74) is 2.00. The molecule has 1 amide bonds. The van der Waals surface area contributed by atoms with Gasteiger partial charge >= 0.3 is 0 Å². The molecule has 3 aromatic carbocycles. The molecular weight excluding hydrogens is 536 g/mol. The molecule has 37 heavy (non-hydrogen) atoms. The van der Waals surface area contributed by atoms with Crippen molar-refractivity contribution in [2.24, 2.45) is 0 Å². The number of halogens is 1. The molecule has 1 atom stereocenters. The summed E-state index contributed by atoms with van der Waals surface area (Å²) in [4.78, 5) is 13.3. The monoisotopic (exact) mass is 556 g/mol. The van der Waals surface area contributed by atoms with Crippen molar-refractivity contribution in [1.82, 2.24) is 10.2 Å². The van der Waals surface area contributed by atoms with Crippen LogP contribution in [0.3, 0.4) is 0 Å². The van der Waals surface area contributed by atoms with Crippen molar-refractivity contribution in [2.75, 3.05) is 23.3 Å². The standard InChI is InChI=1S/C25H21ClN4O5S2/c1-15-3-10-19(11-4-15)37(32,33)30-14-22(35-21-12-7-17(26)13-20(21)30)23(31)27-25-29-28-24(36-25)16-5-8-18(34-2)9-6-16/h3-13,22H,14H2,1-2H3,(H,27,29,31)/t22-/m0/s1. The summed E-state index contributed by atoms with van der Waals surface area (Å²) in [5.74, 6) is 0.382. The van der Waals surface area contributed by atoms with Crippen LogP contribution in [0, 0.1) is 6.92 Å². The highest BCUT2D eigenvalue weighted by Crippen LogP contribution is 2.39. The van der Waals surface area contributed by atoms with Crippen molar-refractivity contribution >= 4 is 49.7 Å². The van der Waals surface area contributed by atoms with E-state index in [1.54, 1.807) is 43.5 Å². The van der Waals surface area contributed by atoms with Crippen molar-refractivity contribution in [2.45, 2.75) is 17.9 Å². The van der Waals surface area contributed by atoms with Gasteiger partial charge in [0.15, 0.2) is 6.10 Å². The number of aryl methyl sites for hydroxylation is 1. The van der Waals surface area contributed by atoms with Crippen LogP contribution in [-0.2, 0) is 14.8 Å². The third kappa shape index (κ3) is 5.10. The molecule has 0 aliphatic carbocycles. The quantitative estimate of drug-likeness (QED) is 0.364. The minimum Gasteiger partial charge on any atom is -0.497 e. The lowest BCUT2D eigenvalue weighted by molar-refractivity contribution is -0.122. The second-order valence-electron chi connectivity index (χ2n) is 8.20. The van der Waals surface area contributed by atoms with Gasteiger partial charge < -0.3 is 9.47 Å². The average Bonchev–Trinajstić information content (AvgIpc) is 3.36. The zero-order chi connectivity index (χ0) is 26.2. The summed E-state index contributed by atoms with van der Waals surface area (Å²) < 4.78 is 39.3. The third-order valence-corrected chi connectivity index (χ3v) is 8.60. The van der Waals surface area contributed by atoms with E-state index in [-0.39, 0.29) is 28.0 Å². The van der Waals surface area contributed by atoms with Crippen molar-refractivity contribution in [3.05, 3.63) is 77.3 Å². The number of carbonyl (C=O) groups is 1. The van der Waals surface area contributed by atoms with Gasteiger partial charge in [0, 0.05) is 10.6 Å². The van der Waals surface area contributed by atoms with Gasteiger partial charge in [-0.2, -0.15) is 0 Å². The molecule has 0 unspecified atom stereocenters. The molecule has 1 aromatic heterocycles. The topological polar surface area (TPSA) is 111 Å². The lowest BCUT2D eigenvalue weighted by Gasteiger charge is -2.34. The van der Waals surface area contributed by atoms with Crippen molar-refractivity contribution in [3.8, 4) is 22.1 Å². The second kappa shape index (κ2) is 10.0. The molecular formula is C25H21ClN4O5S2. The summed E-state index contributed by atoms with van der Waals surface area (Å²) in [6.07, 6.45) is -1.14. The molecule has 0 fully saturated rings. The first-order valence-electron chi connectivity index (χ1n) is 11.1. The van der Waals surface area contributed by atoms with Gasteiger partial charge in [0.1, 0.15) is 16.5 Å². The number of fused-ring (bicyclic) bond motifs is 1. The lowest BCUT2D eigenvalue weighted by Crippen LogP contribution is -2.48. The van der Waals surface area contributed by atoms with E-state index < -0.39 is 22.0 Å². The van der Waals surface area contributed by atoms with Gasteiger partial charge in [-0.15, -0.1) is 10.2 Å². The average molecular weight is 557 g/mol. The van der Waals surface area contributed by atoms with Gasteiger partial charge in [0.05, 0.1) is 24.2 Å². The van der Waals surface area contributed by atoms with Crippen LogP contribution in [0.5, 0.6) is 11.5 Å². The van der Waals surface area contributed by atoms with E-state index in [4.69, 9.17) is 21.1 Å². The number of aromatic nitrogens is 2. The Morgan fingerprint density at radius 2 is 1.84 bits per heavy atom.